The maximum atomic E-state index is 12.0. The molecule has 0 unspecified atom stereocenters. The number of hydrogen-bond donors (Lipinski definition) is 2. The number of aliphatic hydroxyl groups is 1. The summed E-state index contributed by atoms with van der Waals surface area (Å²) in [6.45, 7) is 0.380. The first-order chi connectivity index (χ1) is 3.81. The summed E-state index contributed by atoms with van der Waals surface area (Å²) < 4.78 is 12.0. The van der Waals surface area contributed by atoms with Crippen molar-refractivity contribution in [1.29, 1.82) is 0 Å². The van der Waals surface area contributed by atoms with E-state index < -0.39 is 0 Å². The van der Waals surface area contributed by atoms with Crippen molar-refractivity contribution < 1.29 is 9.59 Å². The topological polar surface area (TPSA) is 49.5 Å². The molecule has 0 atom stereocenters. The molecule has 3 nitrogen and oxygen atoms in total. The van der Waals surface area contributed by atoms with E-state index in [4.69, 9.17) is 10.8 Å². The van der Waals surface area contributed by atoms with Crippen molar-refractivity contribution in [3.63, 3.8) is 0 Å². The van der Waals surface area contributed by atoms with Crippen molar-refractivity contribution in [1.82, 2.24) is 5.12 Å². The Morgan fingerprint density at radius 2 is 2.12 bits per heavy atom. The molecule has 0 bridgehead atoms. The average Bonchev–Trinajstić information content (AvgIpc) is 1.68. The van der Waals surface area contributed by atoms with Crippen LogP contribution in [0.4, 0.5) is 4.48 Å². The number of rotatable bonds is 4. The van der Waals surface area contributed by atoms with Gasteiger partial charge in [0.05, 0.1) is 13.2 Å². The van der Waals surface area contributed by atoms with E-state index in [0.717, 1.165) is 0 Å². The zero-order chi connectivity index (χ0) is 6.41. The quantitative estimate of drug-likeness (QED) is 0.476. The molecule has 8 heavy (non-hydrogen) atoms. The zero-order valence-corrected chi connectivity index (χ0v) is 4.68. The Hall–Kier alpha value is -0.190. The Labute approximate surface area is 47.8 Å². The molecule has 0 saturated carbocycles. The van der Waals surface area contributed by atoms with Crippen LogP contribution in [0.2, 0.25) is 0 Å². The van der Waals surface area contributed by atoms with Crippen molar-refractivity contribution in [2.24, 2.45) is 5.73 Å². The smallest absolute Gasteiger partial charge is 0.0584 e. The fourth-order valence-corrected chi connectivity index (χ4v) is 0.360. The Bertz CT molecular complexity index is 47.3. The van der Waals surface area contributed by atoms with Crippen molar-refractivity contribution >= 4 is 0 Å². The second-order valence-corrected chi connectivity index (χ2v) is 1.42. The summed E-state index contributed by atoms with van der Waals surface area (Å²) in [5.74, 6) is 0. The van der Waals surface area contributed by atoms with Crippen LogP contribution in [0.15, 0.2) is 0 Å². The summed E-state index contributed by atoms with van der Waals surface area (Å²) in [7, 11) is 0. The van der Waals surface area contributed by atoms with Gasteiger partial charge in [0, 0.05) is 13.1 Å². The molecule has 50 valence electrons. The minimum atomic E-state index is -0.156. The van der Waals surface area contributed by atoms with Crippen molar-refractivity contribution in [3.8, 4) is 0 Å². The van der Waals surface area contributed by atoms with Gasteiger partial charge in [0.15, 0.2) is 0 Å². The third kappa shape index (κ3) is 3.98. The normalized spacial score (nSPS) is 10.5. The Morgan fingerprint density at radius 1 is 1.50 bits per heavy atom. The van der Waals surface area contributed by atoms with Crippen LogP contribution < -0.4 is 5.73 Å². The highest BCUT2D eigenvalue weighted by atomic mass is 19.2. The van der Waals surface area contributed by atoms with Crippen LogP contribution in [-0.2, 0) is 0 Å². The number of nitrogens with two attached hydrogens (primary N) is 1. The third-order valence-electron chi connectivity index (χ3n) is 0.714. The SMILES string of the molecule is NCCN(F)CCO. The van der Waals surface area contributed by atoms with Gasteiger partial charge in [-0.3, -0.25) is 0 Å². The van der Waals surface area contributed by atoms with Gasteiger partial charge in [-0.05, 0) is 0 Å². The van der Waals surface area contributed by atoms with Gasteiger partial charge in [-0.25, -0.2) is 0 Å². The lowest BCUT2D eigenvalue weighted by Crippen LogP contribution is -2.24. The zero-order valence-electron chi connectivity index (χ0n) is 4.68. The van der Waals surface area contributed by atoms with E-state index in [1.54, 1.807) is 0 Å². The monoisotopic (exact) mass is 122 g/mol. The lowest BCUT2D eigenvalue weighted by molar-refractivity contribution is 0.0129. The predicted octanol–water partition coefficient (Wildman–Crippen LogP) is -0.876. The number of hydrogen-bond acceptors (Lipinski definition) is 3. The van der Waals surface area contributed by atoms with Gasteiger partial charge in [0.2, 0.25) is 0 Å². The minimum Gasteiger partial charge on any atom is -0.395 e. The van der Waals surface area contributed by atoms with Crippen molar-refractivity contribution in [2.75, 3.05) is 26.2 Å². The molecular weight excluding hydrogens is 111 g/mol. The molecule has 0 saturated heterocycles. The first kappa shape index (κ1) is 7.81. The summed E-state index contributed by atoms with van der Waals surface area (Å²) in [6.07, 6.45) is 0. The second-order valence-electron chi connectivity index (χ2n) is 1.42. The van der Waals surface area contributed by atoms with E-state index in [1.807, 2.05) is 0 Å². The molecular formula is C4H11FN2O. The maximum Gasteiger partial charge on any atom is 0.0584 e. The molecule has 0 aliphatic rings. The summed E-state index contributed by atoms with van der Waals surface area (Å²) in [5, 5.41) is 8.63. The van der Waals surface area contributed by atoms with Gasteiger partial charge >= 0.3 is 0 Å². The number of aliphatic hydroxyl groups excluding tert-OH is 1. The van der Waals surface area contributed by atoms with Gasteiger partial charge in [0.1, 0.15) is 0 Å². The standard InChI is InChI=1S/C4H11FN2O/c5-7(2-1-6)3-4-8/h8H,1-4,6H2. The molecule has 0 fully saturated rings. The third-order valence-corrected chi connectivity index (χ3v) is 0.714. The van der Waals surface area contributed by atoms with E-state index in [0.29, 0.717) is 5.12 Å². The predicted molar refractivity (Wildman–Crippen MR) is 28.8 cm³/mol. The van der Waals surface area contributed by atoms with Crippen LogP contribution in [-0.4, -0.2) is 36.5 Å². The maximum absolute atomic E-state index is 12.0. The van der Waals surface area contributed by atoms with Crippen LogP contribution in [0, 0.1) is 0 Å². The molecule has 0 spiro atoms. The highest BCUT2D eigenvalue weighted by Gasteiger charge is 1.96. The lowest BCUT2D eigenvalue weighted by atomic mass is 10.6. The molecule has 0 aromatic rings. The Balaban J connectivity index is 2.92. The van der Waals surface area contributed by atoms with Crippen molar-refractivity contribution in [2.45, 2.75) is 0 Å². The highest BCUT2D eigenvalue weighted by molar-refractivity contribution is 4.42. The van der Waals surface area contributed by atoms with Crippen LogP contribution in [0.3, 0.4) is 0 Å². The van der Waals surface area contributed by atoms with Gasteiger partial charge in [-0.2, -0.15) is 0 Å². The van der Waals surface area contributed by atoms with E-state index >= 15 is 0 Å². The second kappa shape index (κ2) is 4.96. The fraction of sp³-hybridized carbons (Fsp3) is 1.00. The average molecular weight is 122 g/mol. The molecule has 0 aliphatic heterocycles. The van der Waals surface area contributed by atoms with Gasteiger partial charge < -0.3 is 10.8 Å². The minimum absolute atomic E-state index is 0.0528. The van der Waals surface area contributed by atoms with Gasteiger partial charge in [0.25, 0.3) is 0 Å². The summed E-state index contributed by atoms with van der Waals surface area (Å²) in [6, 6.07) is 0. The molecule has 3 N–H and O–H groups in total. The van der Waals surface area contributed by atoms with Crippen LogP contribution >= 0.6 is 0 Å². The summed E-state index contributed by atoms with van der Waals surface area (Å²) in [4.78, 5) is 0. The first-order valence-corrected chi connectivity index (χ1v) is 2.53. The molecule has 0 aliphatic carbocycles. The van der Waals surface area contributed by atoms with Crippen LogP contribution in [0.1, 0.15) is 0 Å². The number of nitrogens with zero attached hydrogens (tertiary/aromatic N) is 1. The molecule has 0 amide bonds. The fourth-order valence-electron chi connectivity index (χ4n) is 0.360. The van der Waals surface area contributed by atoms with Gasteiger partial charge in [-0.1, -0.05) is 0 Å². The van der Waals surface area contributed by atoms with Crippen molar-refractivity contribution in [3.05, 3.63) is 0 Å². The lowest BCUT2D eigenvalue weighted by Gasteiger charge is -2.06. The van der Waals surface area contributed by atoms with Crippen LogP contribution in [0.25, 0.3) is 0 Å². The first-order valence-electron chi connectivity index (χ1n) is 2.53. The van der Waals surface area contributed by atoms with E-state index in [-0.39, 0.29) is 26.2 Å². The summed E-state index contributed by atoms with van der Waals surface area (Å²) >= 11 is 0. The van der Waals surface area contributed by atoms with E-state index in [2.05, 4.69) is 0 Å². The van der Waals surface area contributed by atoms with E-state index in [9.17, 15) is 4.48 Å². The Kier molecular flexibility index (Phi) is 4.84. The number of halogens is 1. The molecule has 0 aromatic heterocycles. The molecule has 0 radical (unpaired) electrons. The summed E-state index contributed by atoms with van der Waals surface area (Å²) in [5.41, 5.74) is 5.00. The molecule has 0 rings (SSSR count). The molecule has 0 aromatic carbocycles. The van der Waals surface area contributed by atoms with Gasteiger partial charge in [-0.15, -0.1) is 9.60 Å². The Morgan fingerprint density at radius 3 is 2.50 bits per heavy atom. The highest BCUT2D eigenvalue weighted by Crippen LogP contribution is 1.82. The molecule has 4 heteroatoms. The van der Waals surface area contributed by atoms with Crippen LogP contribution in [0.5, 0.6) is 0 Å². The molecule has 0 heterocycles. The largest absolute Gasteiger partial charge is 0.395 e. The van der Waals surface area contributed by atoms with E-state index in [1.165, 1.54) is 0 Å².